The maximum absolute atomic E-state index is 13.8. The standard InChI is InChI=1S/C18H18BrFN2O/c1-21-9-10-22(17(12-21)13-5-3-2-4-6-13)18(23)14-7-8-15(19)16(20)11-14/h2-8,11,17H,9-10,12H2,1H3. The van der Waals surface area contributed by atoms with E-state index in [0.717, 1.165) is 18.7 Å². The van der Waals surface area contributed by atoms with Crippen molar-refractivity contribution in [1.29, 1.82) is 0 Å². The lowest BCUT2D eigenvalue weighted by molar-refractivity contribution is 0.0497. The smallest absolute Gasteiger partial charge is 0.254 e. The molecule has 5 heteroatoms. The summed E-state index contributed by atoms with van der Waals surface area (Å²) in [6, 6.07) is 14.5. The van der Waals surface area contributed by atoms with E-state index >= 15 is 0 Å². The van der Waals surface area contributed by atoms with Crippen molar-refractivity contribution in [2.75, 3.05) is 26.7 Å². The van der Waals surface area contributed by atoms with Gasteiger partial charge in [-0.3, -0.25) is 4.79 Å². The van der Waals surface area contributed by atoms with E-state index < -0.39 is 5.82 Å². The van der Waals surface area contributed by atoms with Gasteiger partial charge in [0.2, 0.25) is 0 Å². The summed E-state index contributed by atoms with van der Waals surface area (Å²) in [5, 5.41) is 0. The average molecular weight is 377 g/mol. The number of halogens is 2. The van der Waals surface area contributed by atoms with Crippen molar-refractivity contribution in [1.82, 2.24) is 9.80 Å². The lowest BCUT2D eigenvalue weighted by atomic mass is 10.0. The fourth-order valence-electron chi connectivity index (χ4n) is 2.92. The summed E-state index contributed by atoms with van der Waals surface area (Å²) in [4.78, 5) is 16.9. The highest BCUT2D eigenvalue weighted by molar-refractivity contribution is 9.10. The second kappa shape index (κ2) is 6.81. The van der Waals surface area contributed by atoms with Crippen LogP contribution in [-0.2, 0) is 0 Å². The summed E-state index contributed by atoms with van der Waals surface area (Å²) in [5.41, 5.74) is 1.49. The molecule has 3 rings (SSSR count). The fraction of sp³-hybridized carbons (Fsp3) is 0.278. The molecule has 1 aliphatic rings. The summed E-state index contributed by atoms with van der Waals surface area (Å²) in [5.74, 6) is -0.542. The van der Waals surface area contributed by atoms with Gasteiger partial charge in [0.05, 0.1) is 10.5 Å². The van der Waals surface area contributed by atoms with Gasteiger partial charge < -0.3 is 9.80 Å². The monoisotopic (exact) mass is 376 g/mol. The molecule has 1 atom stereocenters. The number of nitrogens with zero attached hydrogens (tertiary/aromatic N) is 2. The molecule has 1 amide bonds. The van der Waals surface area contributed by atoms with Crippen molar-refractivity contribution >= 4 is 21.8 Å². The van der Waals surface area contributed by atoms with Crippen LogP contribution in [0.15, 0.2) is 53.0 Å². The molecule has 0 radical (unpaired) electrons. The third kappa shape index (κ3) is 3.46. The molecule has 0 saturated carbocycles. The quantitative estimate of drug-likeness (QED) is 0.797. The molecular formula is C18H18BrFN2O. The van der Waals surface area contributed by atoms with E-state index in [0.29, 0.717) is 16.6 Å². The van der Waals surface area contributed by atoms with E-state index in [2.05, 4.69) is 27.9 Å². The molecule has 120 valence electrons. The van der Waals surface area contributed by atoms with Crippen LogP contribution < -0.4 is 0 Å². The Morgan fingerprint density at radius 2 is 1.91 bits per heavy atom. The molecule has 1 aliphatic heterocycles. The Morgan fingerprint density at radius 1 is 1.17 bits per heavy atom. The van der Waals surface area contributed by atoms with Crippen LogP contribution in [0, 0.1) is 5.82 Å². The number of amides is 1. The van der Waals surface area contributed by atoms with E-state index in [-0.39, 0.29) is 11.9 Å². The van der Waals surface area contributed by atoms with Crippen LogP contribution in [0.5, 0.6) is 0 Å². The number of rotatable bonds is 2. The summed E-state index contributed by atoms with van der Waals surface area (Å²) in [6.45, 7) is 2.22. The van der Waals surface area contributed by atoms with E-state index in [9.17, 15) is 9.18 Å². The van der Waals surface area contributed by atoms with E-state index in [4.69, 9.17) is 0 Å². The van der Waals surface area contributed by atoms with Gasteiger partial charge in [-0.05, 0) is 46.7 Å². The number of benzene rings is 2. The van der Waals surface area contributed by atoms with Gasteiger partial charge >= 0.3 is 0 Å². The minimum absolute atomic E-state index is 0.0193. The maximum atomic E-state index is 13.8. The number of hydrogen-bond acceptors (Lipinski definition) is 2. The average Bonchev–Trinajstić information content (AvgIpc) is 2.57. The normalized spacial score (nSPS) is 18.9. The van der Waals surface area contributed by atoms with Crippen LogP contribution in [0.3, 0.4) is 0 Å². The molecule has 0 aromatic heterocycles. The molecule has 3 nitrogen and oxygen atoms in total. The number of piperazine rings is 1. The highest BCUT2D eigenvalue weighted by Gasteiger charge is 2.30. The molecule has 1 heterocycles. The Kier molecular flexibility index (Phi) is 4.78. The van der Waals surface area contributed by atoms with Crippen molar-refractivity contribution in [2.24, 2.45) is 0 Å². The Bertz CT molecular complexity index is 707. The lowest BCUT2D eigenvalue weighted by Gasteiger charge is -2.40. The molecule has 0 bridgehead atoms. The zero-order valence-corrected chi connectivity index (χ0v) is 14.5. The third-order valence-electron chi connectivity index (χ3n) is 4.20. The Balaban J connectivity index is 1.91. The van der Waals surface area contributed by atoms with Gasteiger partial charge in [-0.2, -0.15) is 0 Å². The van der Waals surface area contributed by atoms with Crippen LogP contribution in [0.1, 0.15) is 22.0 Å². The predicted octanol–water partition coefficient (Wildman–Crippen LogP) is 3.72. The van der Waals surface area contributed by atoms with Crippen molar-refractivity contribution < 1.29 is 9.18 Å². The van der Waals surface area contributed by atoms with Crippen LogP contribution in [0.4, 0.5) is 4.39 Å². The summed E-state index contributed by atoms with van der Waals surface area (Å²) in [6.07, 6.45) is 0. The minimum Gasteiger partial charge on any atom is -0.329 e. The topological polar surface area (TPSA) is 23.6 Å². The van der Waals surface area contributed by atoms with Crippen molar-refractivity contribution in [3.8, 4) is 0 Å². The predicted molar refractivity (Wildman–Crippen MR) is 91.8 cm³/mol. The number of carbonyl (C=O) groups is 1. The molecule has 0 spiro atoms. The van der Waals surface area contributed by atoms with Crippen LogP contribution in [0.25, 0.3) is 0 Å². The first kappa shape index (κ1) is 16.1. The Morgan fingerprint density at radius 3 is 2.61 bits per heavy atom. The molecule has 1 fully saturated rings. The van der Waals surface area contributed by atoms with Crippen LogP contribution in [-0.4, -0.2) is 42.4 Å². The molecule has 0 N–H and O–H groups in total. The van der Waals surface area contributed by atoms with Gasteiger partial charge in [0.1, 0.15) is 5.82 Å². The molecule has 2 aromatic rings. The first-order valence-electron chi connectivity index (χ1n) is 7.56. The van der Waals surface area contributed by atoms with Gasteiger partial charge in [-0.15, -0.1) is 0 Å². The van der Waals surface area contributed by atoms with E-state index in [1.54, 1.807) is 12.1 Å². The van der Waals surface area contributed by atoms with Gasteiger partial charge in [-0.1, -0.05) is 30.3 Å². The van der Waals surface area contributed by atoms with E-state index in [1.165, 1.54) is 6.07 Å². The van der Waals surface area contributed by atoms with Crippen molar-refractivity contribution in [3.05, 3.63) is 69.9 Å². The Hall–Kier alpha value is -1.72. The second-order valence-electron chi connectivity index (χ2n) is 5.82. The highest BCUT2D eigenvalue weighted by Crippen LogP contribution is 2.27. The zero-order valence-electron chi connectivity index (χ0n) is 12.9. The van der Waals surface area contributed by atoms with Gasteiger partial charge in [0.25, 0.3) is 5.91 Å². The third-order valence-corrected chi connectivity index (χ3v) is 4.84. The summed E-state index contributed by atoms with van der Waals surface area (Å²) in [7, 11) is 2.05. The maximum Gasteiger partial charge on any atom is 0.254 e. The summed E-state index contributed by atoms with van der Waals surface area (Å²) >= 11 is 3.12. The van der Waals surface area contributed by atoms with Gasteiger partial charge in [0, 0.05) is 25.2 Å². The number of likely N-dealkylation sites (N-methyl/N-ethyl adjacent to an activating group) is 1. The van der Waals surface area contributed by atoms with Crippen molar-refractivity contribution in [3.63, 3.8) is 0 Å². The molecule has 1 unspecified atom stereocenters. The molecule has 1 saturated heterocycles. The van der Waals surface area contributed by atoms with Gasteiger partial charge in [0.15, 0.2) is 0 Å². The van der Waals surface area contributed by atoms with Crippen LogP contribution in [0.2, 0.25) is 0 Å². The SMILES string of the molecule is CN1CCN(C(=O)c2ccc(Br)c(F)c2)C(c2ccccc2)C1. The zero-order chi connectivity index (χ0) is 16.4. The van der Waals surface area contributed by atoms with Crippen LogP contribution >= 0.6 is 15.9 Å². The second-order valence-corrected chi connectivity index (χ2v) is 6.67. The highest BCUT2D eigenvalue weighted by atomic mass is 79.9. The number of carbonyl (C=O) groups excluding carboxylic acids is 1. The van der Waals surface area contributed by atoms with Crippen molar-refractivity contribution in [2.45, 2.75) is 6.04 Å². The molecule has 2 aromatic carbocycles. The molecule has 23 heavy (non-hydrogen) atoms. The largest absolute Gasteiger partial charge is 0.329 e. The number of hydrogen-bond donors (Lipinski definition) is 0. The lowest BCUT2D eigenvalue weighted by Crippen LogP contribution is -2.49. The minimum atomic E-state index is -0.416. The fourth-order valence-corrected chi connectivity index (χ4v) is 3.16. The summed E-state index contributed by atoms with van der Waals surface area (Å²) < 4.78 is 14.1. The molecular weight excluding hydrogens is 359 g/mol. The van der Waals surface area contributed by atoms with E-state index in [1.807, 2.05) is 35.2 Å². The first-order chi connectivity index (χ1) is 11.1. The Labute approximate surface area is 143 Å². The molecule has 0 aliphatic carbocycles. The van der Waals surface area contributed by atoms with Gasteiger partial charge in [-0.25, -0.2) is 4.39 Å². The first-order valence-corrected chi connectivity index (χ1v) is 8.35.